The Kier molecular flexibility index (Phi) is 6.66. The first-order valence-corrected chi connectivity index (χ1v) is 9.67. The highest BCUT2D eigenvalue weighted by Crippen LogP contribution is 2.30. The van der Waals surface area contributed by atoms with Crippen LogP contribution >= 0.6 is 0 Å². The van der Waals surface area contributed by atoms with Gasteiger partial charge in [0.15, 0.2) is 0 Å². The number of nitrogens with one attached hydrogen (secondary N) is 1. The molecule has 3 rings (SSSR count). The second kappa shape index (κ2) is 9.37. The SMILES string of the molecule is CCc1ccccc1NC(=O)CN(C(C)=O)c1ccccc1N1CCOCC1. The van der Waals surface area contributed by atoms with Crippen LogP contribution in [0.1, 0.15) is 19.4 Å². The molecule has 0 atom stereocenters. The van der Waals surface area contributed by atoms with Crippen molar-refractivity contribution in [1.29, 1.82) is 0 Å². The Labute approximate surface area is 166 Å². The maximum absolute atomic E-state index is 12.7. The molecule has 1 N–H and O–H groups in total. The highest BCUT2D eigenvalue weighted by molar-refractivity contribution is 6.03. The van der Waals surface area contributed by atoms with Crippen LogP contribution in [0.5, 0.6) is 0 Å². The van der Waals surface area contributed by atoms with Gasteiger partial charge in [0.1, 0.15) is 6.54 Å². The molecule has 6 heteroatoms. The predicted octanol–water partition coefficient (Wildman–Crippen LogP) is 3.08. The van der Waals surface area contributed by atoms with E-state index in [1.807, 2.05) is 55.5 Å². The van der Waals surface area contributed by atoms with Crippen LogP contribution in [0, 0.1) is 0 Å². The average Bonchev–Trinajstić information content (AvgIpc) is 2.73. The molecule has 0 spiro atoms. The molecule has 148 valence electrons. The van der Waals surface area contributed by atoms with Gasteiger partial charge in [-0.3, -0.25) is 9.59 Å². The molecule has 1 saturated heterocycles. The number of ether oxygens (including phenoxy) is 1. The third-order valence-electron chi connectivity index (χ3n) is 4.88. The van der Waals surface area contributed by atoms with E-state index in [4.69, 9.17) is 4.74 Å². The second-order valence-corrected chi connectivity index (χ2v) is 6.75. The molecule has 0 unspecified atom stereocenters. The molecule has 2 amide bonds. The van der Waals surface area contributed by atoms with Crippen molar-refractivity contribution in [3.8, 4) is 0 Å². The predicted molar refractivity (Wildman–Crippen MR) is 112 cm³/mol. The van der Waals surface area contributed by atoms with Gasteiger partial charge in [0.05, 0.1) is 24.6 Å². The van der Waals surface area contributed by atoms with Gasteiger partial charge in [0.2, 0.25) is 11.8 Å². The van der Waals surface area contributed by atoms with Crippen LogP contribution in [0.15, 0.2) is 48.5 Å². The van der Waals surface area contributed by atoms with Crippen molar-refractivity contribution in [3.63, 3.8) is 0 Å². The van der Waals surface area contributed by atoms with E-state index in [1.165, 1.54) is 11.8 Å². The molecule has 6 nitrogen and oxygen atoms in total. The van der Waals surface area contributed by atoms with Crippen molar-refractivity contribution in [2.75, 3.05) is 48.0 Å². The summed E-state index contributed by atoms with van der Waals surface area (Å²) in [6, 6.07) is 15.4. The lowest BCUT2D eigenvalue weighted by Crippen LogP contribution is -2.40. The summed E-state index contributed by atoms with van der Waals surface area (Å²) in [5.41, 5.74) is 3.55. The van der Waals surface area contributed by atoms with Crippen molar-refractivity contribution in [2.45, 2.75) is 20.3 Å². The van der Waals surface area contributed by atoms with Crippen molar-refractivity contribution in [3.05, 3.63) is 54.1 Å². The molecule has 1 fully saturated rings. The first kappa shape index (κ1) is 19.9. The number of nitrogens with zero attached hydrogens (tertiary/aromatic N) is 2. The zero-order valence-corrected chi connectivity index (χ0v) is 16.5. The van der Waals surface area contributed by atoms with Gasteiger partial charge in [-0.2, -0.15) is 0 Å². The molecule has 1 heterocycles. The molecule has 28 heavy (non-hydrogen) atoms. The Morgan fingerprint density at radius 1 is 1.07 bits per heavy atom. The highest BCUT2D eigenvalue weighted by atomic mass is 16.5. The maximum Gasteiger partial charge on any atom is 0.244 e. The number of morpholine rings is 1. The molecule has 0 aromatic heterocycles. The van der Waals surface area contributed by atoms with E-state index in [0.717, 1.165) is 42.1 Å². The minimum Gasteiger partial charge on any atom is -0.378 e. The number of carbonyl (C=O) groups is 2. The van der Waals surface area contributed by atoms with E-state index in [2.05, 4.69) is 10.2 Å². The molecule has 0 bridgehead atoms. The summed E-state index contributed by atoms with van der Waals surface area (Å²) in [7, 11) is 0. The summed E-state index contributed by atoms with van der Waals surface area (Å²) in [6.45, 7) is 6.34. The van der Waals surface area contributed by atoms with Crippen LogP contribution in [0.3, 0.4) is 0 Å². The summed E-state index contributed by atoms with van der Waals surface area (Å²) in [4.78, 5) is 28.8. The molecule has 0 aliphatic carbocycles. The van der Waals surface area contributed by atoms with Crippen LogP contribution in [-0.2, 0) is 20.7 Å². The highest BCUT2D eigenvalue weighted by Gasteiger charge is 2.22. The minimum absolute atomic E-state index is 0.0330. The molecule has 0 saturated carbocycles. The normalized spacial score (nSPS) is 13.9. The van der Waals surface area contributed by atoms with E-state index in [0.29, 0.717) is 13.2 Å². The van der Waals surface area contributed by atoms with E-state index in [-0.39, 0.29) is 18.4 Å². The maximum atomic E-state index is 12.7. The van der Waals surface area contributed by atoms with E-state index in [1.54, 1.807) is 0 Å². The fraction of sp³-hybridized carbons (Fsp3) is 0.364. The van der Waals surface area contributed by atoms with Crippen molar-refractivity contribution >= 4 is 28.9 Å². The lowest BCUT2D eigenvalue weighted by atomic mass is 10.1. The van der Waals surface area contributed by atoms with Crippen LogP contribution < -0.4 is 15.1 Å². The monoisotopic (exact) mass is 381 g/mol. The van der Waals surface area contributed by atoms with Gasteiger partial charge in [-0.25, -0.2) is 0 Å². The average molecular weight is 381 g/mol. The topological polar surface area (TPSA) is 61.9 Å². The van der Waals surface area contributed by atoms with Crippen LogP contribution in [0.25, 0.3) is 0 Å². The Morgan fingerprint density at radius 2 is 1.75 bits per heavy atom. The lowest BCUT2D eigenvalue weighted by molar-refractivity contribution is -0.120. The summed E-state index contributed by atoms with van der Waals surface area (Å²) in [5.74, 6) is -0.382. The van der Waals surface area contributed by atoms with E-state index >= 15 is 0 Å². The first-order valence-electron chi connectivity index (χ1n) is 9.67. The molecular formula is C22H27N3O3. The fourth-order valence-corrected chi connectivity index (χ4v) is 3.41. The van der Waals surface area contributed by atoms with Gasteiger partial charge >= 0.3 is 0 Å². The van der Waals surface area contributed by atoms with Crippen molar-refractivity contribution < 1.29 is 14.3 Å². The Morgan fingerprint density at radius 3 is 2.46 bits per heavy atom. The Bertz CT molecular complexity index is 831. The van der Waals surface area contributed by atoms with E-state index < -0.39 is 0 Å². The number of hydrogen-bond acceptors (Lipinski definition) is 4. The quantitative estimate of drug-likeness (QED) is 0.835. The zero-order chi connectivity index (χ0) is 19.9. The number of carbonyl (C=O) groups excluding carboxylic acids is 2. The third-order valence-corrected chi connectivity index (χ3v) is 4.88. The number of rotatable bonds is 6. The molecule has 2 aromatic carbocycles. The Hall–Kier alpha value is -2.86. The van der Waals surface area contributed by atoms with Gasteiger partial charge in [-0.15, -0.1) is 0 Å². The molecular weight excluding hydrogens is 354 g/mol. The van der Waals surface area contributed by atoms with Gasteiger partial charge in [-0.1, -0.05) is 37.3 Å². The molecule has 2 aromatic rings. The number of hydrogen-bond donors (Lipinski definition) is 1. The van der Waals surface area contributed by atoms with Crippen LogP contribution in [0.4, 0.5) is 17.1 Å². The Balaban J connectivity index is 1.80. The van der Waals surface area contributed by atoms with Gasteiger partial charge in [0, 0.05) is 25.7 Å². The molecule has 1 aliphatic heterocycles. The standard InChI is InChI=1S/C22H27N3O3/c1-3-18-8-4-5-9-19(18)23-22(27)16-25(17(2)26)21-11-7-6-10-20(21)24-12-14-28-15-13-24/h4-11H,3,12-16H2,1-2H3,(H,23,27). The third kappa shape index (κ3) is 4.70. The molecule has 0 radical (unpaired) electrons. The zero-order valence-electron chi connectivity index (χ0n) is 16.5. The minimum atomic E-state index is -0.215. The lowest BCUT2D eigenvalue weighted by Gasteiger charge is -2.33. The van der Waals surface area contributed by atoms with Crippen LogP contribution in [-0.4, -0.2) is 44.7 Å². The number of aryl methyl sites for hydroxylation is 1. The summed E-state index contributed by atoms with van der Waals surface area (Å²) < 4.78 is 5.44. The number of anilines is 3. The van der Waals surface area contributed by atoms with Gasteiger partial charge in [-0.05, 0) is 30.2 Å². The van der Waals surface area contributed by atoms with Gasteiger partial charge < -0.3 is 19.9 Å². The second-order valence-electron chi connectivity index (χ2n) is 6.75. The number of benzene rings is 2. The van der Waals surface area contributed by atoms with E-state index in [9.17, 15) is 9.59 Å². The van der Waals surface area contributed by atoms with Crippen molar-refractivity contribution in [1.82, 2.24) is 0 Å². The van der Waals surface area contributed by atoms with Crippen molar-refractivity contribution in [2.24, 2.45) is 0 Å². The smallest absolute Gasteiger partial charge is 0.244 e. The number of para-hydroxylation sites is 3. The first-order chi connectivity index (χ1) is 13.6. The summed E-state index contributed by atoms with van der Waals surface area (Å²) >= 11 is 0. The van der Waals surface area contributed by atoms with Gasteiger partial charge in [0.25, 0.3) is 0 Å². The van der Waals surface area contributed by atoms with Crippen LogP contribution in [0.2, 0.25) is 0 Å². The number of amides is 2. The summed E-state index contributed by atoms with van der Waals surface area (Å²) in [6.07, 6.45) is 0.826. The molecule has 1 aliphatic rings. The summed E-state index contributed by atoms with van der Waals surface area (Å²) in [5, 5.41) is 2.95. The fourth-order valence-electron chi connectivity index (χ4n) is 3.41. The largest absolute Gasteiger partial charge is 0.378 e.